The average Bonchev–Trinajstić information content (AvgIpc) is 2.28. The summed E-state index contributed by atoms with van der Waals surface area (Å²) in [5, 5.41) is 8.45. The number of carboxylic acids is 1. The van der Waals surface area contributed by atoms with Crippen LogP contribution < -0.4 is 0 Å². The van der Waals surface area contributed by atoms with Gasteiger partial charge in [-0.15, -0.1) is 0 Å². The molecule has 0 saturated heterocycles. The highest BCUT2D eigenvalue weighted by Crippen LogP contribution is 2.01. The van der Waals surface area contributed by atoms with Crippen molar-refractivity contribution in [1.29, 1.82) is 0 Å². The van der Waals surface area contributed by atoms with Crippen LogP contribution in [0.3, 0.4) is 0 Å². The Labute approximate surface area is 103 Å². The molecule has 0 aromatic heterocycles. The molecule has 102 valence electrons. The molecule has 0 aliphatic rings. The van der Waals surface area contributed by atoms with Crippen LogP contribution in [-0.4, -0.2) is 43.8 Å². The zero-order valence-electron chi connectivity index (χ0n) is 10.8. The quantitative estimate of drug-likeness (QED) is 0.423. The largest absolute Gasteiger partial charge is 0.480 e. The Morgan fingerprint density at radius 2 is 1.65 bits per heavy atom. The van der Waals surface area contributed by atoms with E-state index in [1.54, 1.807) is 0 Å². The van der Waals surface area contributed by atoms with Gasteiger partial charge in [-0.05, 0) is 12.8 Å². The Morgan fingerprint density at radius 1 is 1.12 bits per heavy atom. The average molecular weight is 248 g/mol. The lowest BCUT2D eigenvalue weighted by atomic mass is 10.3. The van der Waals surface area contributed by atoms with Gasteiger partial charge in [0.05, 0.1) is 6.61 Å². The third-order valence-electron chi connectivity index (χ3n) is 2.08. The maximum absolute atomic E-state index is 10.3. The lowest BCUT2D eigenvalue weighted by molar-refractivity contribution is -0.177. The van der Waals surface area contributed by atoms with Gasteiger partial charge in [-0.1, -0.05) is 26.7 Å². The second-order valence-electron chi connectivity index (χ2n) is 3.79. The molecule has 0 heterocycles. The molecular weight excluding hydrogens is 224 g/mol. The van der Waals surface area contributed by atoms with Gasteiger partial charge in [0.1, 0.15) is 6.61 Å². The van der Waals surface area contributed by atoms with Gasteiger partial charge in [0.25, 0.3) is 0 Å². The van der Waals surface area contributed by atoms with E-state index in [0.29, 0.717) is 13.2 Å². The minimum absolute atomic E-state index is 0.166. The van der Waals surface area contributed by atoms with E-state index in [-0.39, 0.29) is 13.2 Å². The van der Waals surface area contributed by atoms with Crippen molar-refractivity contribution in [1.82, 2.24) is 0 Å². The van der Waals surface area contributed by atoms with Crippen molar-refractivity contribution in [3.05, 3.63) is 0 Å². The minimum Gasteiger partial charge on any atom is -0.480 e. The van der Waals surface area contributed by atoms with E-state index in [1.165, 1.54) is 0 Å². The number of hydrogen-bond donors (Lipinski definition) is 1. The number of unbranched alkanes of at least 4 members (excludes halogenated alkanes) is 2. The van der Waals surface area contributed by atoms with E-state index < -0.39 is 12.3 Å². The summed E-state index contributed by atoms with van der Waals surface area (Å²) in [5.74, 6) is -0.981. The highest BCUT2D eigenvalue weighted by Gasteiger charge is 2.10. The normalized spacial score (nSPS) is 11.0. The lowest BCUT2D eigenvalue weighted by Gasteiger charge is -2.18. The molecule has 0 fully saturated rings. The molecule has 0 aromatic carbocycles. The van der Waals surface area contributed by atoms with Crippen LogP contribution in [-0.2, 0) is 19.0 Å². The fourth-order valence-electron chi connectivity index (χ4n) is 1.11. The van der Waals surface area contributed by atoms with Crippen LogP contribution in [0.2, 0.25) is 0 Å². The molecule has 17 heavy (non-hydrogen) atoms. The van der Waals surface area contributed by atoms with Crippen LogP contribution in [0.25, 0.3) is 0 Å². The number of carbonyl (C=O) groups is 1. The van der Waals surface area contributed by atoms with Crippen molar-refractivity contribution in [3.63, 3.8) is 0 Å². The van der Waals surface area contributed by atoms with E-state index in [4.69, 9.17) is 19.3 Å². The molecule has 0 saturated carbocycles. The van der Waals surface area contributed by atoms with E-state index in [1.807, 2.05) is 0 Å². The summed E-state index contributed by atoms with van der Waals surface area (Å²) in [6.45, 7) is 5.24. The van der Waals surface area contributed by atoms with Gasteiger partial charge in [-0.2, -0.15) is 0 Å². The van der Waals surface area contributed by atoms with Gasteiger partial charge in [0.2, 0.25) is 0 Å². The fraction of sp³-hybridized carbons (Fsp3) is 0.917. The van der Waals surface area contributed by atoms with Crippen LogP contribution in [0.5, 0.6) is 0 Å². The van der Waals surface area contributed by atoms with Gasteiger partial charge >= 0.3 is 5.97 Å². The van der Waals surface area contributed by atoms with Crippen LogP contribution in [0.15, 0.2) is 0 Å². The standard InChI is InChI=1S/C12H24O5/c1-3-5-7-16-12(17-8-6-4-2)10-15-9-11(13)14/h12H,3-10H2,1-2H3,(H,13,14). The van der Waals surface area contributed by atoms with Crippen molar-refractivity contribution >= 4 is 5.97 Å². The van der Waals surface area contributed by atoms with Crippen LogP contribution in [0, 0.1) is 0 Å². The van der Waals surface area contributed by atoms with E-state index >= 15 is 0 Å². The predicted octanol–water partition coefficient (Wildman–Crippen LogP) is 2.05. The Kier molecular flexibility index (Phi) is 11.4. The Morgan fingerprint density at radius 3 is 2.06 bits per heavy atom. The van der Waals surface area contributed by atoms with Crippen LogP contribution >= 0.6 is 0 Å². The molecule has 0 radical (unpaired) electrons. The second kappa shape index (κ2) is 11.8. The second-order valence-corrected chi connectivity index (χ2v) is 3.79. The molecule has 5 nitrogen and oxygen atoms in total. The van der Waals surface area contributed by atoms with Gasteiger partial charge in [-0.3, -0.25) is 0 Å². The summed E-state index contributed by atoms with van der Waals surface area (Å²) < 4.78 is 15.9. The number of carboxylic acid groups (broad SMARTS) is 1. The molecule has 1 N–H and O–H groups in total. The van der Waals surface area contributed by atoms with Crippen molar-refractivity contribution in [2.45, 2.75) is 45.8 Å². The van der Waals surface area contributed by atoms with Gasteiger partial charge in [-0.25, -0.2) is 4.79 Å². The molecule has 0 bridgehead atoms. The molecule has 0 aliphatic carbocycles. The van der Waals surface area contributed by atoms with Crippen molar-refractivity contribution in [3.8, 4) is 0 Å². The maximum atomic E-state index is 10.3. The van der Waals surface area contributed by atoms with Crippen molar-refractivity contribution < 1.29 is 24.1 Å². The summed E-state index contributed by atoms with van der Waals surface area (Å²) >= 11 is 0. The maximum Gasteiger partial charge on any atom is 0.329 e. The zero-order valence-corrected chi connectivity index (χ0v) is 10.8. The molecule has 5 heteroatoms. The van der Waals surface area contributed by atoms with E-state index in [9.17, 15) is 4.79 Å². The Bertz CT molecular complexity index is 174. The number of ether oxygens (including phenoxy) is 3. The molecule has 0 amide bonds. The Hall–Kier alpha value is -0.650. The summed E-state index contributed by atoms with van der Waals surface area (Å²) in [6.07, 6.45) is 3.58. The van der Waals surface area contributed by atoms with Crippen molar-refractivity contribution in [2.75, 3.05) is 26.4 Å². The summed E-state index contributed by atoms with van der Waals surface area (Å²) in [5.41, 5.74) is 0. The first-order valence-electron chi connectivity index (χ1n) is 6.23. The monoisotopic (exact) mass is 248 g/mol. The molecule has 0 spiro atoms. The first-order valence-corrected chi connectivity index (χ1v) is 6.23. The van der Waals surface area contributed by atoms with Gasteiger partial charge in [0, 0.05) is 13.2 Å². The molecule has 0 aromatic rings. The zero-order chi connectivity index (χ0) is 12.9. The molecule has 0 atom stereocenters. The van der Waals surface area contributed by atoms with Crippen molar-refractivity contribution in [2.24, 2.45) is 0 Å². The predicted molar refractivity (Wildman–Crippen MR) is 64.0 cm³/mol. The fourth-order valence-corrected chi connectivity index (χ4v) is 1.11. The minimum atomic E-state index is -0.981. The van der Waals surface area contributed by atoms with Gasteiger partial charge in [0.15, 0.2) is 6.29 Å². The molecule has 0 rings (SSSR count). The summed E-state index contributed by atoms with van der Waals surface area (Å²) in [6, 6.07) is 0. The van der Waals surface area contributed by atoms with Gasteiger partial charge < -0.3 is 19.3 Å². The molecular formula is C12H24O5. The number of hydrogen-bond acceptors (Lipinski definition) is 4. The number of aliphatic carboxylic acids is 1. The molecule has 0 aliphatic heterocycles. The van der Waals surface area contributed by atoms with E-state index in [2.05, 4.69) is 13.8 Å². The highest BCUT2D eigenvalue weighted by molar-refractivity contribution is 5.67. The highest BCUT2D eigenvalue weighted by atomic mass is 16.7. The third kappa shape index (κ3) is 11.6. The first-order chi connectivity index (χ1) is 8.20. The topological polar surface area (TPSA) is 65.0 Å². The Balaban J connectivity index is 3.71. The molecule has 0 unspecified atom stereocenters. The smallest absolute Gasteiger partial charge is 0.329 e. The third-order valence-corrected chi connectivity index (χ3v) is 2.08. The van der Waals surface area contributed by atoms with Crippen LogP contribution in [0.1, 0.15) is 39.5 Å². The van der Waals surface area contributed by atoms with Crippen LogP contribution in [0.4, 0.5) is 0 Å². The first kappa shape index (κ1) is 16.4. The van der Waals surface area contributed by atoms with E-state index in [0.717, 1.165) is 25.7 Å². The lowest BCUT2D eigenvalue weighted by Crippen LogP contribution is -2.26. The summed E-state index contributed by atoms with van der Waals surface area (Å²) in [7, 11) is 0. The number of rotatable bonds is 12. The SMILES string of the molecule is CCCCOC(COCC(=O)O)OCCCC. The summed E-state index contributed by atoms with van der Waals surface area (Å²) in [4.78, 5) is 10.3.